The number of rotatable bonds is 7. The number of aliphatic hydroxyl groups excluding tert-OH is 1. The molecule has 3 nitrogen and oxygen atoms in total. The Bertz CT molecular complexity index is 672. The number of ether oxygens (including phenoxy) is 1. The van der Waals surface area contributed by atoms with Crippen molar-refractivity contribution < 1.29 is 14.6 Å². The molecule has 2 aromatic rings. The first-order valence-corrected chi connectivity index (χ1v) is 7.79. The maximum absolute atomic E-state index is 11.2. The second-order valence-corrected chi connectivity index (χ2v) is 5.40. The van der Waals surface area contributed by atoms with Gasteiger partial charge in [0.2, 0.25) is 0 Å². The zero-order valence-electron chi connectivity index (χ0n) is 13.4. The molecule has 0 saturated carbocycles. The van der Waals surface area contributed by atoms with Crippen molar-refractivity contribution in [3.8, 4) is 11.1 Å². The summed E-state index contributed by atoms with van der Waals surface area (Å²) in [4.78, 5) is 11.2. The van der Waals surface area contributed by atoms with Gasteiger partial charge >= 0.3 is 5.97 Å². The number of aryl methyl sites for hydroxylation is 1. The lowest BCUT2D eigenvalue weighted by molar-refractivity contribution is -0.139. The van der Waals surface area contributed by atoms with E-state index < -0.39 is 5.97 Å². The van der Waals surface area contributed by atoms with Crippen molar-refractivity contribution in [1.29, 1.82) is 0 Å². The third-order valence-corrected chi connectivity index (χ3v) is 3.74. The lowest BCUT2D eigenvalue weighted by atomic mass is 9.98. The van der Waals surface area contributed by atoms with Crippen LogP contribution in [0.3, 0.4) is 0 Å². The third kappa shape index (κ3) is 4.54. The Morgan fingerprint density at radius 1 is 1.13 bits per heavy atom. The van der Waals surface area contributed by atoms with E-state index >= 15 is 0 Å². The number of benzene rings is 2. The van der Waals surface area contributed by atoms with Crippen LogP contribution in [-0.4, -0.2) is 11.1 Å². The Balaban J connectivity index is 2.25. The van der Waals surface area contributed by atoms with Gasteiger partial charge in [-0.05, 0) is 40.3 Å². The fourth-order valence-electron chi connectivity index (χ4n) is 2.45. The summed E-state index contributed by atoms with van der Waals surface area (Å²) in [6, 6.07) is 14.3. The van der Waals surface area contributed by atoms with E-state index in [0.717, 1.165) is 41.2 Å². The summed E-state index contributed by atoms with van der Waals surface area (Å²) in [5, 5.41) is 9.44. The molecule has 0 aliphatic carbocycles. The lowest BCUT2D eigenvalue weighted by Crippen LogP contribution is -2.03. The molecule has 0 saturated heterocycles. The zero-order chi connectivity index (χ0) is 16.7. The summed E-state index contributed by atoms with van der Waals surface area (Å²) in [6.45, 7) is 5.59. The summed E-state index contributed by atoms with van der Waals surface area (Å²) in [5.74, 6) is -0.469. The molecule has 0 aliphatic heterocycles. The van der Waals surface area contributed by atoms with Crippen molar-refractivity contribution in [3.63, 3.8) is 0 Å². The molecule has 0 spiro atoms. The predicted octanol–water partition coefficient (Wildman–Crippen LogP) is 4.03. The van der Waals surface area contributed by atoms with Gasteiger partial charge in [0, 0.05) is 6.08 Å². The average molecular weight is 310 g/mol. The highest BCUT2D eigenvalue weighted by Crippen LogP contribution is 2.24. The van der Waals surface area contributed by atoms with Gasteiger partial charge in [-0.1, -0.05) is 56.3 Å². The van der Waals surface area contributed by atoms with Gasteiger partial charge in [0.15, 0.2) is 0 Å². The molecule has 0 unspecified atom stereocenters. The number of carbonyl (C=O) groups is 1. The fourth-order valence-corrected chi connectivity index (χ4v) is 2.45. The van der Waals surface area contributed by atoms with Crippen LogP contribution in [0, 0.1) is 0 Å². The number of hydrogen-bond donors (Lipinski definition) is 1. The Morgan fingerprint density at radius 3 is 2.43 bits per heavy atom. The molecular weight excluding hydrogens is 288 g/mol. The largest absolute Gasteiger partial charge is 0.458 e. The van der Waals surface area contributed by atoms with Gasteiger partial charge in [-0.2, -0.15) is 0 Å². The third-order valence-electron chi connectivity index (χ3n) is 3.74. The second-order valence-electron chi connectivity index (χ2n) is 5.40. The van der Waals surface area contributed by atoms with Gasteiger partial charge in [0.25, 0.3) is 0 Å². The molecular formula is C20H22O3. The monoisotopic (exact) mass is 310 g/mol. The molecule has 2 aromatic carbocycles. The van der Waals surface area contributed by atoms with Crippen LogP contribution in [0.25, 0.3) is 11.1 Å². The Hall–Kier alpha value is -2.39. The first-order chi connectivity index (χ1) is 11.2. The molecule has 2 rings (SSSR count). The van der Waals surface area contributed by atoms with Crippen molar-refractivity contribution in [1.82, 2.24) is 0 Å². The zero-order valence-corrected chi connectivity index (χ0v) is 13.4. The van der Waals surface area contributed by atoms with Gasteiger partial charge < -0.3 is 9.84 Å². The van der Waals surface area contributed by atoms with Crippen molar-refractivity contribution in [2.45, 2.75) is 33.0 Å². The summed E-state index contributed by atoms with van der Waals surface area (Å²) in [5.41, 5.74) is 5.02. The van der Waals surface area contributed by atoms with Gasteiger partial charge in [0.1, 0.15) is 6.61 Å². The van der Waals surface area contributed by atoms with Crippen LogP contribution in [0.4, 0.5) is 0 Å². The highest BCUT2D eigenvalue weighted by Gasteiger charge is 2.07. The fraction of sp³-hybridized carbons (Fsp3) is 0.250. The maximum atomic E-state index is 11.2. The summed E-state index contributed by atoms with van der Waals surface area (Å²) >= 11 is 0. The topological polar surface area (TPSA) is 46.5 Å². The molecule has 0 aromatic heterocycles. The van der Waals surface area contributed by atoms with Crippen molar-refractivity contribution in [3.05, 3.63) is 71.8 Å². The minimum absolute atomic E-state index is 0.0866. The predicted molar refractivity (Wildman–Crippen MR) is 91.8 cm³/mol. The van der Waals surface area contributed by atoms with Gasteiger partial charge in [-0.15, -0.1) is 0 Å². The van der Waals surface area contributed by atoms with Crippen LogP contribution >= 0.6 is 0 Å². The number of carbonyl (C=O) groups excluding carboxylic acids is 1. The molecule has 3 heteroatoms. The van der Waals surface area contributed by atoms with Gasteiger partial charge in [-0.3, -0.25) is 0 Å². The standard InChI is InChI=1S/C20H22O3/c1-3-5-15-6-8-16(9-7-15)17-10-11-18(13-21)19(12-17)14-23-20(22)4-2/h4,6-12,21H,2-3,5,13-14H2,1H3. The Morgan fingerprint density at radius 2 is 1.83 bits per heavy atom. The van der Waals surface area contributed by atoms with Gasteiger partial charge in [-0.25, -0.2) is 4.79 Å². The minimum atomic E-state index is -0.469. The second kappa shape index (κ2) is 8.30. The van der Waals surface area contributed by atoms with E-state index in [1.54, 1.807) is 0 Å². The SMILES string of the molecule is C=CC(=O)OCc1cc(-c2ccc(CCC)cc2)ccc1CO. The number of hydrogen-bond acceptors (Lipinski definition) is 3. The first kappa shape index (κ1) is 17.0. The smallest absolute Gasteiger partial charge is 0.330 e. The van der Waals surface area contributed by atoms with Crippen LogP contribution in [-0.2, 0) is 29.2 Å². The molecule has 0 aliphatic rings. The molecule has 0 heterocycles. The Labute approximate surface area is 137 Å². The average Bonchev–Trinajstić information content (AvgIpc) is 2.60. The summed E-state index contributed by atoms with van der Waals surface area (Å²) in [6.07, 6.45) is 3.34. The van der Waals surface area contributed by atoms with Crippen LogP contribution in [0.15, 0.2) is 55.1 Å². The Kier molecular flexibility index (Phi) is 6.12. The van der Waals surface area contributed by atoms with Crippen molar-refractivity contribution >= 4 is 5.97 Å². The van der Waals surface area contributed by atoms with Crippen LogP contribution < -0.4 is 0 Å². The van der Waals surface area contributed by atoms with E-state index in [0.29, 0.717) is 0 Å². The normalized spacial score (nSPS) is 10.3. The van der Waals surface area contributed by atoms with E-state index in [1.807, 2.05) is 18.2 Å². The van der Waals surface area contributed by atoms with Gasteiger partial charge in [0.05, 0.1) is 6.61 Å². The van der Waals surface area contributed by atoms with Crippen molar-refractivity contribution in [2.75, 3.05) is 0 Å². The molecule has 23 heavy (non-hydrogen) atoms. The first-order valence-electron chi connectivity index (χ1n) is 7.79. The van der Waals surface area contributed by atoms with Crippen molar-refractivity contribution in [2.24, 2.45) is 0 Å². The molecule has 0 atom stereocenters. The van der Waals surface area contributed by atoms with E-state index in [9.17, 15) is 9.90 Å². The lowest BCUT2D eigenvalue weighted by Gasteiger charge is -2.11. The molecule has 0 fully saturated rings. The molecule has 120 valence electrons. The van der Waals surface area contributed by atoms with Crippen LogP contribution in [0.1, 0.15) is 30.0 Å². The molecule has 0 radical (unpaired) electrons. The highest BCUT2D eigenvalue weighted by molar-refractivity contribution is 5.81. The minimum Gasteiger partial charge on any atom is -0.458 e. The van der Waals surface area contributed by atoms with E-state index in [2.05, 4.69) is 37.8 Å². The number of esters is 1. The molecule has 0 amide bonds. The molecule has 1 N–H and O–H groups in total. The van der Waals surface area contributed by atoms with E-state index in [-0.39, 0.29) is 13.2 Å². The summed E-state index contributed by atoms with van der Waals surface area (Å²) < 4.78 is 5.09. The number of aliphatic hydroxyl groups is 1. The molecule has 0 bridgehead atoms. The summed E-state index contributed by atoms with van der Waals surface area (Å²) in [7, 11) is 0. The van der Waals surface area contributed by atoms with E-state index in [1.165, 1.54) is 5.56 Å². The quantitative estimate of drug-likeness (QED) is 0.620. The van der Waals surface area contributed by atoms with Crippen LogP contribution in [0.5, 0.6) is 0 Å². The highest BCUT2D eigenvalue weighted by atomic mass is 16.5. The van der Waals surface area contributed by atoms with Crippen LogP contribution in [0.2, 0.25) is 0 Å². The maximum Gasteiger partial charge on any atom is 0.330 e. The van der Waals surface area contributed by atoms with E-state index in [4.69, 9.17) is 4.74 Å².